The predicted octanol–water partition coefficient (Wildman–Crippen LogP) is 2.48. The standard InChI is InChI=1S/C18H21FO5/c1-17(2,3)16(22)23-11-18(10-20)9-13(15(21)24-18)8-12-4-6-14(19)7-5-12/h4-8,20H,9-11H2,1-3H3/b13-8-. The number of esters is 2. The highest BCUT2D eigenvalue weighted by Crippen LogP contribution is 2.33. The van der Waals surface area contributed by atoms with Gasteiger partial charge in [-0.15, -0.1) is 0 Å². The van der Waals surface area contributed by atoms with Gasteiger partial charge in [0, 0.05) is 12.0 Å². The Morgan fingerprint density at radius 2 is 2.00 bits per heavy atom. The minimum absolute atomic E-state index is 0.108. The Bertz CT molecular complexity index is 657. The molecule has 6 heteroatoms. The van der Waals surface area contributed by atoms with Crippen molar-refractivity contribution in [2.75, 3.05) is 13.2 Å². The molecule has 0 spiro atoms. The lowest BCUT2D eigenvalue weighted by molar-refractivity contribution is -0.171. The zero-order valence-corrected chi connectivity index (χ0v) is 14.0. The van der Waals surface area contributed by atoms with Gasteiger partial charge in [-0.2, -0.15) is 0 Å². The smallest absolute Gasteiger partial charge is 0.334 e. The van der Waals surface area contributed by atoms with Crippen LogP contribution in [0.4, 0.5) is 4.39 Å². The van der Waals surface area contributed by atoms with Gasteiger partial charge >= 0.3 is 11.9 Å². The molecule has 2 rings (SSSR count). The summed E-state index contributed by atoms with van der Waals surface area (Å²) >= 11 is 0. The first-order valence-corrected chi connectivity index (χ1v) is 7.63. The van der Waals surface area contributed by atoms with Crippen LogP contribution in [0.3, 0.4) is 0 Å². The van der Waals surface area contributed by atoms with Crippen LogP contribution in [-0.4, -0.2) is 35.9 Å². The number of rotatable bonds is 4. The highest BCUT2D eigenvalue weighted by Gasteiger charge is 2.45. The van der Waals surface area contributed by atoms with Crippen LogP contribution >= 0.6 is 0 Å². The lowest BCUT2D eigenvalue weighted by Crippen LogP contribution is -2.40. The van der Waals surface area contributed by atoms with Crippen LogP contribution in [0.2, 0.25) is 0 Å². The van der Waals surface area contributed by atoms with E-state index in [9.17, 15) is 19.1 Å². The maximum Gasteiger partial charge on any atom is 0.334 e. The molecule has 1 aliphatic rings. The van der Waals surface area contributed by atoms with Crippen LogP contribution in [0, 0.1) is 11.2 Å². The molecule has 1 saturated heterocycles. The molecule has 0 amide bonds. The summed E-state index contributed by atoms with van der Waals surface area (Å²) in [6.07, 6.45) is 1.68. The van der Waals surface area contributed by atoms with Gasteiger partial charge in [-0.1, -0.05) is 12.1 Å². The maximum atomic E-state index is 12.9. The van der Waals surface area contributed by atoms with Crippen LogP contribution in [0.25, 0.3) is 6.08 Å². The molecule has 5 nitrogen and oxygen atoms in total. The van der Waals surface area contributed by atoms with Crippen LogP contribution < -0.4 is 0 Å². The molecule has 1 aromatic carbocycles. The summed E-state index contributed by atoms with van der Waals surface area (Å²) in [6, 6.07) is 5.65. The molecule has 24 heavy (non-hydrogen) atoms. The Balaban J connectivity index is 2.12. The van der Waals surface area contributed by atoms with Crippen molar-refractivity contribution < 1.29 is 28.6 Å². The largest absolute Gasteiger partial charge is 0.461 e. The van der Waals surface area contributed by atoms with Crippen LogP contribution in [0.1, 0.15) is 32.8 Å². The monoisotopic (exact) mass is 336 g/mol. The summed E-state index contributed by atoms with van der Waals surface area (Å²) < 4.78 is 23.4. The number of hydrogen-bond donors (Lipinski definition) is 1. The van der Waals surface area contributed by atoms with E-state index >= 15 is 0 Å². The second-order valence-electron chi connectivity index (χ2n) is 6.95. The van der Waals surface area contributed by atoms with Crippen molar-refractivity contribution in [3.8, 4) is 0 Å². The summed E-state index contributed by atoms with van der Waals surface area (Å²) in [6.45, 7) is 4.45. The van der Waals surface area contributed by atoms with E-state index in [1.165, 1.54) is 24.3 Å². The number of hydrogen-bond acceptors (Lipinski definition) is 5. The zero-order valence-electron chi connectivity index (χ0n) is 14.0. The number of carbonyl (C=O) groups excluding carboxylic acids is 2. The number of carbonyl (C=O) groups is 2. The van der Waals surface area contributed by atoms with Gasteiger partial charge in [-0.05, 0) is 44.5 Å². The van der Waals surface area contributed by atoms with Crippen molar-refractivity contribution in [2.24, 2.45) is 5.41 Å². The van der Waals surface area contributed by atoms with E-state index in [0.29, 0.717) is 11.1 Å². The Morgan fingerprint density at radius 3 is 2.54 bits per heavy atom. The molecule has 0 bridgehead atoms. The molecule has 1 fully saturated rings. The van der Waals surface area contributed by atoms with E-state index < -0.39 is 29.6 Å². The first-order valence-electron chi connectivity index (χ1n) is 7.63. The second-order valence-corrected chi connectivity index (χ2v) is 6.95. The predicted molar refractivity (Wildman–Crippen MR) is 85.3 cm³/mol. The lowest BCUT2D eigenvalue weighted by atomic mass is 9.96. The lowest BCUT2D eigenvalue weighted by Gasteiger charge is -2.26. The average Bonchev–Trinajstić information content (AvgIpc) is 2.83. The fourth-order valence-corrected chi connectivity index (χ4v) is 2.22. The van der Waals surface area contributed by atoms with Gasteiger partial charge in [0.2, 0.25) is 0 Å². The first-order chi connectivity index (χ1) is 11.1. The second kappa shape index (κ2) is 6.73. The third kappa shape index (κ3) is 4.20. The molecule has 1 heterocycles. The van der Waals surface area contributed by atoms with Gasteiger partial charge in [0.1, 0.15) is 12.4 Å². The van der Waals surface area contributed by atoms with E-state index in [0.717, 1.165) is 0 Å². The third-order valence-electron chi connectivity index (χ3n) is 3.66. The number of benzene rings is 1. The van der Waals surface area contributed by atoms with E-state index in [1.807, 2.05) is 0 Å². The van der Waals surface area contributed by atoms with E-state index in [4.69, 9.17) is 9.47 Å². The van der Waals surface area contributed by atoms with E-state index in [1.54, 1.807) is 26.8 Å². The first kappa shape index (κ1) is 18.1. The minimum Gasteiger partial charge on any atom is -0.461 e. The number of cyclic esters (lactones) is 1. The minimum atomic E-state index is -1.27. The molecule has 0 radical (unpaired) electrons. The van der Waals surface area contributed by atoms with E-state index in [2.05, 4.69) is 0 Å². The average molecular weight is 336 g/mol. The van der Waals surface area contributed by atoms with Crippen molar-refractivity contribution in [2.45, 2.75) is 32.8 Å². The van der Waals surface area contributed by atoms with Gasteiger partial charge in [0.05, 0.1) is 12.0 Å². The van der Waals surface area contributed by atoms with Crippen molar-refractivity contribution in [1.29, 1.82) is 0 Å². The quantitative estimate of drug-likeness (QED) is 0.675. The van der Waals surface area contributed by atoms with Crippen molar-refractivity contribution in [1.82, 2.24) is 0 Å². The highest BCUT2D eigenvalue weighted by atomic mass is 19.1. The van der Waals surface area contributed by atoms with Crippen LogP contribution in [-0.2, 0) is 19.1 Å². The molecule has 0 saturated carbocycles. The number of aliphatic hydroxyl groups excluding tert-OH is 1. The zero-order chi connectivity index (χ0) is 18.0. The molecule has 1 N–H and O–H groups in total. The van der Waals surface area contributed by atoms with Gasteiger partial charge in [0.15, 0.2) is 5.60 Å². The van der Waals surface area contributed by atoms with Gasteiger partial charge in [-0.3, -0.25) is 4.79 Å². The van der Waals surface area contributed by atoms with Gasteiger partial charge in [0.25, 0.3) is 0 Å². The van der Waals surface area contributed by atoms with Crippen molar-refractivity contribution in [3.63, 3.8) is 0 Å². The SMILES string of the molecule is CC(C)(C)C(=O)OCC1(CO)C/C(=C/c2ccc(F)cc2)C(=O)O1. The Kier molecular flexibility index (Phi) is 5.08. The maximum absolute atomic E-state index is 12.9. The summed E-state index contributed by atoms with van der Waals surface area (Å²) in [5.74, 6) is -1.40. The van der Waals surface area contributed by atoms with Gasteiger partial charge in [-0.25, -0.2) is 9.18 Å². The Morgan fingerprint density at radius 1 is 1.38 bits per heavy atom. The number of halogens is 1. The summed E-state index contributed by atoms with van der Waals surface area (Å²) in [5, 5.41) is 9.62. The molecule has 130 valence electrons. The number of ether oxygens (including phenoxy) is 2. The molecular formula is C18H21FO5. The molecular weight excluding hydrogens is 315 g/mol. The summed E-state index contributed by atoms with van der Waals surface area (Å²) in [5.41, 5.74) is -0.984. The molecule has 1 unspecified atom stereocenters. The molecule has 1 aliphatic heterocycles. The van der Waals surface area contributed by atoms with E-state index in [-0.39, 0.29) is 18.8 Å². The normalized spacial score (nSPS) is 22.5. The third-order valence-corrected chi connectivity index (χ3v) is 3.66. The van der Waals surface area contributed by atoms with Crippen LogP contribution in [0.5, 0.6) is 0 Å². The topological polar surface area (TPSA) is 72.8 Å². The fraction of sp³-hybridized carbons (Fsp3) is 0.444. The van der Waals surface area contributed by atoms with Gasteiger partial charge < -0.3 is 14.6 Å². The Hall–Kier alpha value is -2.21. The fourth-order valence-electron chi connectivity index (χ4n) is 2.22. The summed E-state index contributed by atoms with van der Waals surface area (Å²) in [7, 11) is 0. The number of aliphatic hydroxyl groups is 1. The van der Waals surface area contributed by atoms with Crippen molar-refractivity contribution in [3.05, 3.63) is 41.2 Å². The molecule has 1 atom stereocenters. The highest BCUT2D eigenvalue weighted by molar-refractivity contribution is 5.96. The molecule has 0 aliphatic carbocycles. The molecule has 0 aromatic heterocycles. The Labute approximate surface area is 140 Å². The molecule has 1 aromatic rings. The van der Waals surface area contributed by atoms with Crippen molar-refractivity contribution >= 4 is 18.0 Å². The van der Waals surface area contributed by atoms with Crippen LogP contribution in [0.15, 0.2) is 29.8 Å². The summed E-state index contributed by atoms with van der Waals surface area (Å²) in [4.78, 5) is 23.9.